The maximum atomic E-state index is 12.2. The number of carbonyl (C=O) groups is 1. The highest BCUT2D eigenvalue weighted by molar-refractivity contribution is 5.79. The van der Waals surface area contributed by atoms with Crippen molar-refractivity contribution in [3.63, 3.8) is 0 Å². The fourth-order valence-electron chi connectivity index (χ4n) is 2.15. The lowest BCUT2D eigenvalue weighted by Gasteiger charge is -2.25. The summed E-state index contributed by atoms with van der Waals surface area (Å²) in [5, 5.41) is 3.13. The van der Waals surface area contributed by atoms with Crippen LogP contribution in [0.2, 0.25) is 0 Å². The molecule has 0 radical (unpaired) electrons. The van der Waals surface area contributed by atoms with Crippen LogP contribution in [0.5, 0.6) is 0 Å². The van der Waals surface area contributed by atoms with Gasteiger partial charge in [-0.2, -0.15) is 0 Å². The lowest BCUT2D eigenvalue weighted by Crippen LogP contribution is -2.43. The molecule has 0 aromatic rings. The molecule has 1 atom stereocenters. The minimum Gasteiger partial charge on any atom is -0.351 e. The summed E-state index contributed by atoms with van der Waals surface area (Å²) < 4.78 is 0. The first-order chi connectivity index (χ1) is 8.40. The van der Waals surface area contributed by atoms with Crippen molar-refractivity contribution in [2.24, 2.45) is 5.92 Å². The van der Waals surface area contributed by atoms with Crippen LogP contribution in [0.25, 0.3) is 0 Å². The number of unbranched alkanes of at least 4 members (excludes halogenated alkanes) is 4. The third kappa shape index (κ3) is 9.49. The molecule has 0 saturated carbocycles. The lowest BCUT2D eigenvalue weighted by atomic mass is 9.93. The van der Waals surface area contributed by atoms with E-state index in [9.17, 15) is 4.79 Å². The van der Waals surface area contributed by atoms with E-state index in [-0.39, 0.29) is 17.4 Å². The normalized spacial score (nSPS) is 13.4. The topological polar surface area (TPSA) is 29.1 Å². The summed E-state index contributed by atoms with van der Waals surface area (Å²) in [7, 11) is 0. The smallest absolute Gasteiger partial charge is 0.223 e. The fraction of sp³-hybridized carbons (Fsp3) is 0.938. The Morgan fingerprint density at radius 1 is 0.944 bits per heavy atom. The second-order valence-electron chi connectivity index (χ2n) is 6.43. The first kappa shape index (κ1) is 17.5. The maximum Gasteiger partial charge on any atom is 0.223 e. The van der Waals surface area contributed by atoms with Crippen molar-refractivity contribution in [2.45, 2.75) is 91.5 Å². The van der Waals surface area contributed by atoms with E-state index in [0.29, 0.717) is 0 Å². The van der Waals surface area contributed by atoms with Gasteiger partial charge in [-0.3, -0.25) is 4.79 Å². The minimum atomic E-state index is -0.106. The van der Waals surface area contributed by atoms with Crippen molar-refractivity contribution < 1.29 is 4.79 Å². The summed E-state index contributed by atoms with van der Waals surface area (Å²) in [6, 6.07) is 0. The average Bonchev–Trinajstić information content (AvgIpc) is 2.25. The summed E-state index contributed by atoms with van der Waals surface area (Å²) in [6.07, 6.45) is 9.45. The number of hydrogen-bond donors (Lipinski definition) is 1. The molecule has 108 valence electrons. The molecule has 2 heteroatoms. The molecule has 0 saturated heterocycles. The molecular formula is C16H33NO. The van der Waals surface area contributed by atoms with E-state index >= 15 is 0 Å². The van der Waals surface area contributed by atoms with Crippen LogP contribution in [-0.4, -0.2) is 11.4 Å². The monoisotopic (exact) mass is 255 g/mol. The van der Waals surface area contributed by atoms with Crippen molar-refractivity contribution >= 4 is 5.91 Å². The van der Waals surface area contributed by atoms with E-state index in [1.54, 1.807) is 0 Å². The summed E-state index contributed by atoms with van der Waals surface area (Å²) in [6.45, 7) is 10.6. The number of carbonyl (C=O) groups excluding carboxylic acids is 1. The van der Waals surface area contributed by atoms with Crippen LogP contribution in [0, 0.1) is 5.92 Å². The van der Waals surface area contributed by atoms with Crippen molar-refractivity contribution in [1.82, 2.24) is 5.32 Å². The molecule has 0 bridgehead atoms. The molecule has 18 heavy (non-hydrogen) atoms. The molecule has 1 unspecified atom stereocenters. The second-order valence-corrected chi connectivity index (χ2v) is 6.43. The van der Waals surface area contributed by atoms with Gasteiger partial charge >= 0.3 is 0 Å². The van der Waals surface area contributed by atoms with Gasteiger partial charge in [0.1, 0.15) is 0 Å². The third-order valence-corrected chi connectivity index (χ3v) is 3.18. The van der Waals surface area contributed by atoms with Crippen molar-refractivity contribution in [3.8, 4) is 0 Å². The highest BCUT2D eigenvalue weighted by Crippen LogP contribution is 2.18. The van der Waals surface area contributed by atoms with E-state index < -0.39 is 0 Å². The van der Waals surface area contributed by atoms with Crippen LogP contribution in [0.1, 0.15) is 86.0 Å². The summed E-state index contributed by atoms with van der Waals surface area (Å²) in [4.78, 5) is 12.2. The predicted molar refractivity (Wildman–Crippen MR) is 79.7 cm³/mol. The molecule has 0 spiro atoms. The molecule has 0 aromatic heterocycles. The van der Waals surface area contributed by atoms with Crippen molar-refractivity contribution in [2.75, 3.05) is 0 Å². The van der Waals surface area contributed by atoms with Gasteiger partial charge in [0.05, 0.1) is 0 Å². The van der Waals surface area contributed by atoms with Crippen molar-refractivity contribution in [3.05, 3.63) is 0 Å². The van der Waals surface area contributed by atoms with Gasteiger partial charge in [0, 0.05) is 11.5 Å². The van der Waals surface area contributed by atoms with E-state index in [4.69, 9.17) is 0 Å². The van der Waals surface area contributed by atoms with E-state index in [2.05, 4.69) is 39.9 Å². The van der Waals surface area contributed by atoms with Gasteiger partial charge in [0.2, 0.25) is 5.91 Å². The SMILES string of the molecule is CCCCCCC(CCCC)C(=O)NC(C)(C)C. The Labute approximate surface area is 114 Å². The predicted octanol–water partition coefficient (Wildman–Crippen LogP) is 4.68. The molecular weight excluding hydrogens is 222 g/mol. The molecule has 1 amide bonds. The standard InChI is InChI=1S/C16H33NO/c1-6-8-10-11-13-14(12-9-7-2)15(18)17-16(3,4)5/h14H,6-13H2,1-5H3,(H,17,18). The van der Waals surface area contributed by atoms with E-state index in [1.165, 1.54) is 32.1 Å². The van der Waals surface area contributed by atoms with Gasteiger partial charge in [-0.25, -0.2) is 0 Å². The van der Waals surface area contributed by atoms with Gasteiger partial charge in [-0.15, -0.1) is 0 Å². The van der Waals surface area contributed by atoms with Gasteiger partial charge in [-0.05, 0) is 33.6 Å². The Kier molecular flexibility index (Phi) is 9.13. The van der Waals surface area contributed by atoms with Crippen LogP contribution >= 0.6 is 0 Å². The zero-order valence-electron chi connectivity index (χ0n) is 13.1. The molecule has 0 rings (SSSR count). The number of rotatable bonds is 9. The minimum absolute atomic E-state index is 0.106. The largest absolute Gasteiger partial charge is 0.351 e. The first-order valence-corrected chi connectivity index (χ1v) is 7.72. The molecule has 0 heterocycles. The number of amides is 1. The Morgan fingerprint density at radius 3 is 2.00 bits per heavy atom. The molecule has 0 aromatic carbocycles. The quantitative estimate of drug-likeness (QED) is 0.596. The highest BCUT2D eigenvalue weighted by atomic mass is 16.2. The van der Waals surface area contributed by atoms with Crippen LogP contribution in [0.15, 0.2) is 0 Å². The van der Waals surface area contributed by atoms with Gasteiger partial charge < -0.3 is 5.32 Å². The van der Waals surface area contributed by atoms with Gasteiger partial charge in [0.25, 0.3) is 0 Å². The highest BCUT2D eigenvalue weighted by Gasteiger charge is 2.21. The number of nitrogens with one attached hydrogen (secondary N) is 1. The van der Waals surface area contributed by atoms with Crippen molar-refractivity contribution in [1.29, 1.82) is 0 Å². The molecule has 2 nitrogen and oxygen atoms in total. The Morgan fingerprint density at radius 2 is 1.50 bits per heavy atom. The first-order valence-electron chi connectivity index (χ1n) is 7.72. The maximum absolute atomic E-state index is 12.2. The van der Waals surface area contributed by atoms with Crippen LogP contribution < -0.4 is 5.32 Å². The summed E-state index contributed by atoms with van der Waals surface area (Å²) >= 11 is 0. The number of hydrogen-bond acceptors (Lipinski definition) is 1. The fourth-order valence-corrected chi connectivity index (χ4v) is 2.15. The van der Waals surface area contributed by atoms with E-state index in [0.717, 1.165) is 19.3 Å². The zero-order valence-corrected chi connectivity index (χ0v) is 13.1. The third-order valence-electron chi connectivity index (χ3n) is 3.18. The average molecular weight is 255 g/mol. The second kappa shape index (κ2) is 9.41. The van der Waals surface area contributed by atoms with Crippen LogP contribution in [0.4, 0.5) is 0 Å². The summed E-state index contributed by atoms with van der Waals surface area (Å²) in [5.41, 5.74) is -0.106. The molecule has 0 aliphatic rings. The van der Waals surface area contributed by atoms with Gasteiger partial charge in [0.15, 0.2) is 0 Å². The molecule has 0 aliphatic carbocycles. The Balaban J connectivity index is 4.15. The van der Waals surface area contributed by atoms with Crippen LogP contribution in [-0.2, 0) is 4.79 Å². The molecule has 0 fully saturated rings. The molecule has 1 N–H and O–H groups in total. The Bertz CT molecular complexity index is 218. The van der Waals surface area contributed by atoms with Gasteiger partial charge in [-0.1, -0.05) is 52.4 Å². The molecule has 0 aliphatic heterocycles. The zero-order chi connectivity index (χ0) is 14.0. The van der Waals surface area contributed by atoms with E-state index in [1.807, 2.05) is 0 Å². The van der Waals surface area contributed by atoms with Crippen LogP contribution in [0.3, 0.4) is 0 Å². The Hall–Kier alpha value is -0.530. The summed E-state index contributed by atoms with van der Waals surface area (Å²) in [5.74, 6) is 0.480. The lowest BCUT2D eigenvalue weighted by molar-refractivity contribution is -0.127.